The van der Waals surface area contributed by atoms with E-state index in [2.05, 4.69) is 0 Å². The molecule has 4 nitrogen and oxygen atoms in total. The summed E-state index contributed by atoms with van der Waals surface area (Å²) in [5, 5.41) is 0. The maximum absolute atomic E-state index is 11.7. The predicted molar refractivity (Wildman–Crippen MR) is 49.4 cm³/mol. The second-order valence-corrected chi connectivity index (χ2v) is 4.71. The van der Waals surface area contributed by atoms with Gasteiger partial charge in [-0.1, -0.05) is 0 Å². The van der Waals surface area contributed by atoms with Crippen molar-refractivity contribution in [1.82, 2.24) is 0 Å². The average molecular weight is 195 g/mol. The zero-order valence-corrected chi connectivity index (χ0v) is 8.84. The summed E-state index contributed by atoms with van der Waals surface area (Å²) >= 11 is 0. The van der Waals surface area contributed by atoms with Crippen LogP contribution in [0.5, 0.6) is 0 Å². The largest absolute Gasteiger partial charge is 0.332 e. The number of nitrogens with two attached hydrogens (primary N) is 1. The van der Waals surface area contributed by atoms with Crippen molar-refractivity contribution in [2.75, 3.05) is 19.4 Å². The second-order valence-electron chi connectivity index (χ2n) is 2.61. The van der Waals surface area contributed by atoms with Gasteiger partial charge in [0.05, 0.1) is 19.4 Å². The van der Waals surface area contributed by atoms with E-state index in [4.69, 9.17) is 14.8 Å². The zero-order valence-electron chi connectivity index (χ0n) is 7.95. The minimum absolute atomic E-state index is 0.158. The molecule has 0 fully saturated rings. The third-order valence-electron chi connectivity index (χ3n) is 1.16. The molecular weight excluding hydrogens is 177 g/mol. The van der Waals surface area contributed by atoms with Gasteiger partial charge in [0, 0.05) is 6.04 Å². The fourth-order valence-electron chi connectivity index (χ4n) is 0.889. The summed E-state index contributed by atoms with van der Waals surface area (Å²) in [6, 6.07) is -0.158. The quantitative estimate of drug-likeness (QED) is 0.654. The highest BCUT2D eigenvalue weighted by molar-refractivity contribution is 7.53. The maximum Gasteiger partial charge on any atom is 0.332 e. The Morgan fingerprint density at radius 2 is 1.75 bits per heavy atom. The molecule has 74 valence electrons. The van der Waals surface area contributed by atoms with E-state index >= 15 is 0 Å². The fraction of sp³-hybridized carbons (Fsp3) is 1.00. The molecule has 0 spiro atoms. The standard InChI is InChI=1S/C7H18NO3P/c1-4-10-12(9,11-5-2)6-7(3)8/h7H,4-6,8H2,1-3H3/t7-/m1/s1. The van der Waals surface area contributed by atoms with E-state index in [-0.39, 0.29) is 12.2 Å². The van der Waals surface area contributed by atoms with E-state index < -0.39 is 7.60 Å². The summed E-state index contributed by atoms with van der Waals surface area (Å²) in [5.41, 5.74) is 5.51. The molecule has 0 heterocycles. The van der Waals surface area contributed by atoms with Crippen molar-refractivity contribution >= 4 is 7.60 Å². The Morgan fingerprint density at radius 1 is 1.33 bits per heavy atom. The lowest BCUT2D eigenvalue weighted by Gasteiger charge is -2.18. The van der Waals surface area contributed by atoms with Crippen LogP contribution in [0.4, 0.5) is 0 Å². The highest BCUT2D eigenvalue weighted by Gasteiger charge is 2.24. The lowest BCUT2D eigenvalue weighted by molar-refractivity contribution is 0.219. The van der Waals surface area contributed by atoms with Crippen LogP contribution >= 0.6 is 7.60 Å². The molecule has 0 bridgehead atoms. The van der Waals surface area contributed by atoms with E-state index in [0.717, 1.165) is 0 Å². The summed E-state index contributed by atoms with van der Waals surface area (Å²) in [5.74, 6) is 0. The van der Waals surface area contributed by atoms with Gasteiger partial charge < -0.3 is 14.8 Å². The normalized spacial score (nSPS) is 14.7. The Labute approximate surface area is 74.0 Å². The van der Waals surface area contributed by atoms with Crippen LogP contribution in [0.2, 0.25) is 0 Å². The molecule has 5 heteroatoms. The van der Waals surface area contributed by atoms with E-state index in [1.54, 1.807) is 20.8 Å². The Bertz CT molecular complexity index is 151. The molecule has 0 aliphatic heterocycles. The lowest BCUT2D eigenvalue weighted by atomic mass is 10.4. The summed E-state index contributed by atoms with van der Waals surface area (Å²) in [4.78, 5) is 0. The molecule has 0 aromatic rings. The Balaban J connectivity index is 4.08. The summed E-state index contributed by atoms with van der Waals surface area (Å²) < 4.78 is 21.8. The van der Waals surface area contributed by atoms with Crippen LogP contribution in [0, 0.1) is 0 Å². The van der Waals surface area contributed by atoms with Crippen LogP contribution in [0.15, 0.2) is 0 Å². The van der Waals surface area contributed by atoms with Crippen LogP contribution in [-0.2, 0) is 13.6 Å². The molecule has 2 N–H and O–H groups in total. The first kappa shape index (κ1) is 12.1. The van der Waals surface area contributed by atoms with Crippen LogP contribution in [0.1, 0.15) is 20.8 Å². The van der Waals surface area contributed by atoms with Gasteiger partial charge in [-0.15, -0.1) is 0 Å². The van der Waals surface area contributed by atoms with Gasteiger partial charge in [-0.25, -0.2) is 0 Å². The van der Waals surface area contributed by atoms with Crippen molar-refractivity contribution in [3.63, 3.8) is 0 Å². The first-order valence-corrected chi connectivity index (χ1v) is 5.90. The Morgan fingerprint density at radius 3 is 2.00 bits per heavy atom. The topological polar surface area (TPSA) is 61.5 Å². The molecule has 12 heavy (non-hydrogen) atoms. The molecule has 0 saturated carbocycles. The molecule has 0 amide bonds. The average Bonchev–Trinajstić information content (AvgIpc) is 1.85. The molecule has 0 aromatic carbocycles. The SMILES string of the molecule is CCOP(=O)(C[C@@H](C)N)OCC. The molecule has 0 saturated heterocycles. The van der Waals surface area contributed by atoms with Crippen LogP contribution < -0.4 is 5.73 Å². The van der Waals surface area contributed by atoms with E-state index in [1.165, 1.54) is 0 Å². The third-order valence-corrected chi connectivity index (χ3v) is 3.49. The Hall–Kier alpha value is 0.110. The van der Waals surface area contributed by atoms with Gasteiger partial charge in [0.15, 0.2) is 0 Å². The molecule has 0 radical (unpaired) electrons. The van der Waals surface area contributed by atoms with Gasteiger partial charge >= 0.3 is 7.60 Å². The van der Waals surface area contributed by atoms with Gasteiger partial charge in [0.2, 0.25) is 0 Å². The predicted octanol–water partition coefficient (Wildman–Crippen LogP) is 1.60. The minimum atomic E-state index is -2.90. The monoisotopic (exact) mass is 195 g/mol. The number of hydrogen-bond donors (Lipinski definition) is 1. The van der Waals surface area contributed by atoms with Crippen LogP contribution in [0.25, 0.3) is 0 Å². The number of hydrogen-bond acceptors (Lipinski definition) is 4. The minimum Gasteiger partial charge on any atom is -0.327 e. The molecular formula is C7H18NO3P. The van der Waals surface area contributed by atoms with Crippen molar-refractivity contribution in [3.05, 3.63) is 0 Å². The van der Waals surface area contributed by atoms with Crippen molar-refractivity contribution < 1.29 is 13.6 Å². The first-order chi connectivity index (χ1) is 5.54. The van der Waals surface area contributed by atoms with Gasteiger partial charge in [0.25, 0.3) is 0 Å². The smallest absolute Gasteiger partial charge is 0.327 e. The molecule has 0 unspecified atom stereocenters. The van der Waals surface area contributed by atoms with Crippen LogP contribution in [-0.4, -0.2) is 25.4 Å². The van der Waals surface area contributed by atoms with Crippen LogP contribution in [0.3, 0.4) is 0 Å². The zero-order chi connectivity index (χ0) is 9.61. The highest BCUT2D eigenvalue weighted by Crippen LogP contribution is 2.48. The summed E-state index contributed by atoms with van der Waals surface area (Å²) in [7, 11) is -2.90. The maximum atomic E-state index is 11.7. The summed E-state index contributed by atoms with van der Waals surface area (Å²) in [6.07, 6.45) is 0.286. The highest BCUT2D eigenvalue weighted by atomic mass is 31.2. The van der Waals surface area contributed by atoms with Crippen molar-refractivity contribution in [2.24, 2.45) is 5.73 Å². The van der Waals surface area contributed by atoms with Gasteiger partial charge in [-0.3, -0.25) is 4.57 Å². The van der Waals surface area contributed by atoms with Crippen molar-refractivity contribution in [3.8, 4) is 0 Å². The van der Waals surface area contributed by atoms with E-state index in [0.29, 0.717) is 13.2 Å². The summed E-state index contributed by atoms with van der Waals surface area (Å²) in [6.45, 7) is 6.14. The molecule has 0 aliphatic rings. The molecule has 0 aromatic heterocycles. The van der Waals surface area contributed by atoms with E-state index in [1.807, 2.05) is 0 Å². The van der Waals surface area contributed by atoms with E-state index in [9.17, 15) is 4.57 Å². The van der Waals surface area contributed by atoms with Gasteiger partial charge in [0.1, 0.15) is 0 Å². The molecule has 1 atom stereocenters. The van der Waals surface area contributed by atoms with Crippen molar-refractivity contribution in [1.29, 1.82) is 0 Å². The van der Waals surface area contributed by atoms with Gasteiger partial charge in [-0.05, 0) is 20.8 Å². The lowest BCUT2D eigenvalue weighted by Crippen LogP contribution is -2.21. The fourth-order valence-corrected chi connectivity index (χ4v) is 2.67. The third kappa shape index (κ3) is 4.88. The first-order valence-electron chi connectivity index (χ1n) is 4.17. The van der Waals surface area contributed by atoms with Gasteiger partial charge in [-0.2, -0.15) is 0 Å². The Kier molecular flexibility index (Phi) is 5.76. The molecule has 0 aliphatic carbocycles. The van der Waals surface area contributed by atoms with Crippen molar-refractivity contribution in [2.45, 2.75) is 26.8 Å². The second kappa shape index (κ2) is 5.70. The number of rotatable bonds is 6. The molecule has 0 rings (SSSR count).